The van der Waals surface area contributed by atoms with E-state index < -0.39 is 0 Å². The Labute approximate surface area is 113 Å². The van der Waals surface area contributed by atoms with Gasteiger partial charge in [-0.05, 0) is 54.9 Å². The Bertz CT molecular complexity index is 483. The molecule has 1 aromatic rings. The first-order valence-corrected chi connectivity index (χ1v) is 7.00. The van der Waals surface area contributed by atoms with Gasteiger partial charge in [0.2, 0.25) is 0 Å². The Kier molecular flexibility index (Phi) is 3.42. The number of rotatable bonds is 5. The molecule has 0 spiro atoms. The van der Waals surface area contributed by atoms with E-state index >= 15 is 0 Å². The van der Waals surface area contributed by atoms with Crippen LogP contribution in [-0.4, -0.2) is 19.1 Å². The van der Waals surface area contributed by atoms with E-state index in [0.29, 0.717) is 5.92 Å². The second kappa shape index (κ2) is 5.21. The van der Waals surface area contributed by atoms with Crippen LogP contribution in [0.4, 0.5) is 0 Å². The lowest BCUT2D eigenvalue weighted by Crippen LogP contribution is -2.30. The summed E-state index contributed by atoms with van der Waals surface area (Å²) in [6, 6.07) is 6.09. The molecule has 3 N–H and O–H groups in total. The number of amides is 1. The molecule has 4 heteroatoms. The van der Waals surface area contributed by atoms with Crippen LogP contribution in [0.5, 0.6) is 5.75 Å². The van der Waals surface area contributed by atoms with Crippen molar-refractivity contribution in [3.63, 3.8) is 0 Å². The third kappa shape index (κ3) is 3.07. The quantitative estimate of drug-likeness (QED) is 0.844. The van der Waals surface area contributed by atoms with Gasteiger partial charge in [-0.1, -0.05) is 6.07 Å². The fourth-order valence-electron chi connectivity index (χ4n) is 2.50. The number of hydrogen-bond acceptors (Lipinski definition) is 3. The van der Waals surface area contributed by atoms with Crippen molar-refractivity contribution >= 4 is 5.91 Å². The molecule has 2 aliphatic carbocycles. The standard InChI is InChI=1S/C15H20N2O2/c16-14-6-3-11-7-12(4-5-13(11)14)19-9-15(18)17-8-10-1-2-10/h4-5,7,10,14H,1-3,6,8-9,16H2,(H,17,18). The van der Waals surface area contributed by atoms with E-state index in [1.54, 1.807) is 0 Å². The SMILES string of the molecule is NC1CCc2cc(OCC(=O)NCC3CC3)ccc21. The lowest BCUT2D eigenvalue weighted by Gasteiger charge is -2.09. The number of carbonyl (C=O) groups excluding carboxylic acids is 1. The van der Waals surface area contributed by atoms with Crippen molar-refractivity contribution in [3.8, 4) is 5.75 Å². The lowest BCUT2D eigenvalue weighted by atomic mass is 10.1. The normalized spacial score (nSPS) is 21.0. The van der Waals surface area contributed by atoms with Crippen LogP contribution in [0.25, 0.3) is 0 Å². The third-order valence-corrected chi connectivity index (χ3v) is 3.89. The molecule has 102 valence electrons. The van der Waals surface area contributed by atoms with Crippen LogP contribution in [-0.2, 0) is 11.2 Å². The highest BCUT2D eigenvalue weighted by atomic mass is 16.5. The van der Waals surface area contributed by atoms with Crippen molar-refractivity contribution in [2.75, 3.05) is 13.2 Å². The summed E-state index contributed by atoms with van der Waals surface area (Å²) in [4.78, 5) is 11.6. The summed E-state index contributed by atoms with van der Waals surface area (Å²) in [5.74, 6) is 1.42. The number of hydrogen-bond donors (Lipinski definition) is 2. The molecule has 0 saturated heterocycles. The van der Waals surface area contributed by atoms with Crippen LogP contribution in [0, 0.1) is 5.92 Å². The molecule has 1 amide bonds. The molecule has 3 rings (SSSR count). The van der Waals surface area contributed by atoms with Crippen LogP contribution in [0.15, 0.2) is 18.2 Å². The van der Waals surface area contributed by atoms with Crippen LogP contribution < -0.4 is 15.8 Å². The van der Waals surface area contributed by atoms with E-state index in [-0.39, 0.29) is 18.6 Å². The van der Waals surface area contributed by atoms with E-state index in [0.717, 1.165) is 25.1 Å². The van der Waals surface area contributed by atoms with Gasteiger partial charge in [0.25, 0.3) is 5.91 Å². The minimum atomic E-state index is -0.0379. The van der Waals surface area contributed by atoms with E-state index in [4.69, 9.17) is 10.5 Å². The lowest BCUT2D eigenvalue weighted by molar-refractivity contribution is -0.123. The highest BCUT2D eigenvalue weighted by Gasteiger charge is 2.22. The Hall–Kier alpha value is -1.55. The fraction of sp³-hybridized carbons (Fsp3) is 0.533. The summed E-state index contributed by atoms with van der Waals surface area (Å²) in [5, 5.41) is 2.89. The van der Waals surface area contributed by atoms with Gasteiger partial charge in [-0.25, -0.2) is 0 Å². The smallest absolute Gasteiger partial charge is 0.257 e. The van der Waals surface area contributed by atoms with Gasteiger partial charge in [-0.2, -0.15) is 0 Å². The van der Waals surface area contributed by atoms with Gasteiger partial charge >= 0.3 is 0 Å². The molecule has 4 nitrogen and oxygen atoms in total. The van der Waals surface area contributed by atoms with Crippen LogP contribution in [0.1, 0.15) is 36.4 Å². The fourth-order valence-corrected chi connectivity index (χ4v) is 2.50. The summed E-state index contributed by atoms with van der Waals surface area (Å²) in [7, 11) is 0. The predicted molar refractivity (Wildman–Crippen MR) is 72.9 cm³/mol. The number of benzene rings is 1. The Morgan fingerprint density at radius 1 is 1.37 bits per heavy atom. The van der Waals surface area contributed by atoms with Crippen molar-refractivity contribution in [3.05, 3.63) is 29.3 Å². The largest absolute Gasteiger partial charge is 0.484 e. The third-order valence-electron chi connectivity index (χ3n) is 3.89. The van der Waals surface area contributed by atoms with Crippen molar-refractivity contribution in [2.45, 2.75) is 31.7 Å². The van der Waals surface area contributed by atoms with E-state index in [1.807, 2.05) is 18.2 Å². The summed E-state index contributed by atoms with van der Waals surface area (Å²) < 4.78 is 5.53. The molecular weight excluding hydrogens is 240 g/mol. The van der Waals surface area contributed by atoms with Gasteiger partial charge in [0, 0.05) is 12.6 Å². The molecule has 0 heterocycles. The molecule has 0 aromatic heterocycles. The first-order chi connectivity index (χ1) is 9.22. The van der Waals surface area contributed by atoms with Gasteiger partial charge in [0.05, 0.1) is 0 Å². The average Bonchev–Trinajstić information content (AvgIpc) is 3.18. The molecule has 0 aliphatic heterocycles. The van der Waals surface area contributed by atoms with Gasteiger partial charge in [-0.15, -0.1) is 0 Å². The monoisotopic (exact) mass is 260 g/mol. The predicted octanol–water partition coefficient (Wildman–Crippen LogP) is 1.54. The molecule has 0 radical (unpaired) electrons. The second-order valence-electron chi connectivity index (χ2n) is 5.54. The maximum Gasteiger partial charge on any atom is 0.257 e. The van der Waals surface area contributed by atoms with Gasteiger partial charge in [0.15, 0.2) is 6.61 Å². The molecule has 2 aliphatic rings. The van der Waals surface area contributed by atoms with Crippen molar-refractivity contribution in [1.29, 1.82) is 0 Å². The number of aryl methyl sites for hydroxylation is 1. The average molecular weight is 260 g/mol. The first-order valence-electron chi connectivity index (χ1n) is 7.00. The van der Waals surface area contributed by atoms with Crippen LogP contribution in [0.3, 0.4) is 0 Å². The zero-order chi connectivity index (χ0) is 13.2. The Morgan fingerprint density at radius 3 is 3.00 bits per heavy atom. The van der Waals surface area contributed by atoms with Gasteiger partial charge in [-0.3, -0.25) is 4.79 Å². The Balaban J connectivity index is 1.51. The van der Waals surface area contributed by atoms with Crippen molar-refractivity contribution < 1.29 is 9.53 Å². The maximum atomic E-state index is 11.6. The summed E-state index contributed by atoms with van der Waals surface area (Å²) in [5.41, 5.74) is 8.45. The zero-order valence-electron chi connectivity index (χ0n) is 11.0. The molecule has 1 fully saturated rings. The molecule has 1 unspecified atom stereocenters. The van der Waals surface area contributed by atoms with E-state index in [1.165, 1.54) is 24.0 Å². The number of carbonyl (C=O) groups is 1. The molecule has 1 aromatic carbocycles. The van der Waals surface area contributed by atoms with Gasteiger partial charge < -0.3 is 15.8 Å². The molecule has 1 atom stereocenters. The molecule has 1 saturated carbocycles. The minimum absolute atomic E-state index is 0.0379. The zero-order valence-corrected chi connectivity index (χ0v) is 11.0. The molecule has 19 heavy (non-hydrogen) atoms. The highest BCUT2D eigenvalue weighted by molar-refractivity contribution is 5.77. The number of fused-ring (bicyclic) bond motifs is 1. The van der Waals surface area contributed by atoms with Gasteiger partial charge in [0.1, 0.15) is 5.75 Å². The topological polar surface area (TPSA) is 64.3 Å². The van der Waals surface area contributed by atoms with Crippen LogP contribution >= 0.6 is 0 Å². The highest BCUT2D eigenvalue weighted by Crippen LogP contribution is 2.31. The minimum Gasteiger partial charge on any atom is -0.484 e. The van der Waals surface area contributed by atoms with E-state index in [9.17, 15) is 4.79 Å². The van der Waals surface area contributed by atoms with Crippen molar-refractivity contribution in [1.82, 2.24) is 5.32 Å². The number of nitrogens with one attached hydrogen (secondary N) is 1. The molecular formula is C15H20N2O2. The summed E-state index contributed by atoms with van der Waals surface area (Å²) >= 11 is 0. The first kappa shape index (κ1) is 12.5. The summed E-state index contributed by atoms with van der Waals surface area (Å²) in [6.07, 6.45) is 4.49. The summed E-state index contributed by atoms with van der Waals surface area (Å²) in [6.45, 7) is 0.888. The maximum absolute atomic E-state index is 11.6. The second-order valence-corrected chi connectivity index (χ2v) is 5.54. The Morgan fingerprint density at radius 2 is 2.21 bits per heavy atom. The van der Waals surface area contributed by atoms with Crippen LogP contribution in [0.2, 0.25) is 0 Å². The van der Waals surface area contributed by atoms with Crippen molar-refractivity contribution in [2.24, 2.45) is 11.7 Å². The molecule has 0 bridgehead atoms. The number of nitrogens with two attached hydrogens (primary N) is 1. The number of ether oxygens (including phenoxy) is 1. The van der Waals surface area contributed by atoms with E-state index in [2.05, 4.69) is 5.32 Å².